The lowest BCUT2D eigenvalue weighted by Gasteiger charge is -2.01. The molecule has 8 bridgehead atoms. The van der Waals surface area contributed by atoms with Crippen molar-refractivity contribution in [2.75, 3.05) is 0 Å². The summed E-state index contributed by atoms with van der Waals surface area (Å²) in [5.41, 5.74) is 9.04. The molecule has 0 aliphatic carbocycles. The van der Waals surface area contributed by atoms with Crippen molar-refractivity contribution in [2.45, 2.75) is 13.8 Å². The minimum atomic E-state index is 0.608. The highest BCUT2D eigenvalue weighted by Gasteiger charge is 2.22. The quantitative estimate of drug-likeness (QED) is 0.208. The van der Waals surface area contributed by atoms with Crippen molar-refractivity contribution < 1.29 is 0 Å². The van der Waals surface area contributed by atoms with Crippen molar-refractivity contribution >= 4 is 44.1 Å². The number of aromatic amines is 1. The van der Waals surface area contributed by atoms with Crippen molar-refractivity contribution in [3.8, 4) is 45.6 Å². The molecule has 7 aromatic rings. The van der Waals surface area contributed by atoms with E-state index in [-0.39, 0.29) is 0 Å². The molecular formula is C35H24N8. The van der Waals surface area contributed by atoms with Crippen LogP contribution in [0.5, 0.6) is 0 Å². The van der Waals surface area contributed by atoms with E-state index in [2.05, 4.69) is 49.2 Å². The van der Waals surface area contributed by atoms with Crippen LogP contribution in [0.15, 0.2) is 84.9 Å². The fourth-order valence-electron chi connectivity index (χ4n) is 6.28. The summed E-state index contributed by atoms with van der Waals surface area (Å²) in [5.74, 6) is 2.45. The van der Waals surface area contributed by atoms with Crippen molar-refractivity contribution in [2.24, 2.45) is 7.05 Å². The van der Waals surface area contributed by atoms with Crippen molar-refractivity contribution in [1.82, 2.24) is 39.5 Å². The van der Waals surface area contributed by atoms with Gasteiger partial charge in [-0.05, 0) is 25.0 Å². The maximum atomic E-state index is 5.16. The Morgan fingerprint density at radius 1 is 0.488 bits per heavy atom. The van der Waals surface area contributed by atoms with Crippen LogP contribution in [0.2, 0.25) is 0 Å². The van der Waals surface area contributed by atoms with E-state index in [9.17, 15) is 0 Å². The van der Waals surface area contributed by atoms with Crippen LogP contribution in [0, 0.1) is 13.8 Å². The fourth-order valence-corrected chi connectivity index (χ4v) is 6.28. The molecule has 9 rings (SSSR count). The number of hydrogen-bond acceptors (Lipinski definition) is 6. The summed E-state index contributed by atoms with van der Waals surface area (Å²) in [4.78, 5) is 34.1. The summed E-state index contributed by atoms with van der Waals surface area (Å²) in [5, 5.41) is 3.98. The van der Waals surface area contributed by atoms with Gasteiger partial charge in [0.15, 0.2) is 23.3 Å². The number of aromatic nitrogens is 8. The van der Waals surface area contributed by atoms with Gasteiger partial charge in [0.1, 0.15) is 22.6 Å². The summed E-state index contributed by atoms with van der Waals surface area (Å²) in [6.07, 6.45) is 0. The second-order valence-electron chi connectivity index (χ2n) is 11.1. The second kappa shape index (κ2) is 8.62. The topological polar surface area (TPSA) is 98.1 Å². The average Bonchev–Trinajstić information content (AvgIpc) is 3.74. The van der Waals surface area contributed by atoms with E-state index in [0.29, 0.717) is 34.6 Å². The SMILES string of the molecule is Cc1ccc2c3nc4nc(nc5c6ccccc6c(nc6nc(nc([nH]3)c2c1C)-c1ccccc1-6)n5C)-c1ccccc1-4. The predicted molar refractivity (Wildman–Crippen MR) is 170 cm³/mol. The smallest absolute Gasteiger partial charge is 0.164 e. The van der Waals surface area contributed by atoms with Crippen LogP contribution in [0.25, 0.3) is 89.7 Å². The van der Waals surface area contributed by atoms with Crippen LogP contribution in [0.4, 0.5) is 0 Å². The highest BCUT2D eigenvalue weighted by Crippen LogP contribution is 2.37. The third-order valence-corrected chi connectivity index (χ3v) is 8.61. The zero-order valence-corrected chi connectivity index (χ0v) is 23.7. The maximum absolute atomic E-state index is 5.16. The molecule has 1 N–H and O–H groups in total. The molecule has 0 amide bonds. The Labute approximate surface area is 245 Å². The molecule has 0 atom stereocenters. The Morgan fingerprint density at radius 2 is 0.953 bits per heavy atom. The van der Waals surface area contributed by atoms with E-state index >= 15 is 0 Å². The van der Waals surface area contributed by atoms with Gasteiger partial charge < -0.3 is 9.55 Å². The number of benzene rings is 4. The fraction of sp³-hybridized carbons (Fsp3) is 0.0857. The lowest BCUT2D eigenvalue weighted by Crippen LogP contribution is -1.92. The Bertz CT molecular complexity index is 2500. The van der Waals surface area contributed by atoms with E-state index in [1.165, 1.54) is 5.56 Å². The third kappa shape index (κ3) is 3.37. The summed E-state index contributed by atoms with van der Waals surface area (Å²) >= 11 is 0. The number of hydrogen-bond donors (Lipinski definition) is 1. The lowest BCUT2D eigenvalue weighted by atomic mass is 10.0. The number of H-pyrrole nitrogens is 1. The van der Waals surface area contributed by atoms with Gasteiger partial charge in [0.05, 0.1) is 0 Å². The van der Waals surface area contributed by atoms with Gasteiger partial charge in [-0.15, -0.1) is 0 Å². The molecule has 0 fully saturated rings. The van der Waals surface area contributed by atoms with Crippen LogP contribution in [0.3, 0.4) is 0 Å². The van der Waals surface area contributed by atoms with Gasteiger partial charge in [0, 0.05) is 50.8 Å². The number of aryl methyl sites for hydroxylation is 3. The van der Waals surface area contributed by atoms with Crippen molar-refractivity contribution in [1.29, 1.82) is 0 Å². The number of rotatable bonds is 0. The maximum Gasteiger partial charge on any atom is 0.164 e. The van der Waals surface area contributed by atoms with Gasteiger partial charge in [0.25, 0.3) is 0 Å². The molecule has 5 heterocycles. The summed E-state index contributed by atoms with van der Waals surface area (Å²) in [7, 11) is 1.99. The first kappa shape index (κ1) is 23.9. The molecule has 8 nitrogen and oxygen atoms in total. The number of nitrogens with zero attached hydrogens (tertiary/aromatic N) is 7. The average molecular weight is 557 g/mol. The van der Waals surface area contributed by atoms with Crippen LogP contribution in [-0.4, -0.2) is 39.5 Å². The first-order valence-corrected chi connectivity index (χ1v) is 14.2. The van der Waals surface area contributed by atoms with Crippen molar-refractivity contribution in [3.63, 3.8) is 0 Å². The molecule has 8 heteroatoms. The van der Waals surface area contributed by atoms with Crippen LogP contribution in [0.1, 0.15) is 11.1 Å². The van der Waals surface area contributed by atoms with E-state index in [0.717, 1.165) is 60.7 Å². The summed E-state index contributed by atoms with van der Waals surface area (Å²) in [6, 6.07) is 28.7. The van der Waals surface area contributed by atoms with Gasteiger partial charge in [-0.2, -0.15) is 0 Å². The Hall–Kier alpha value is -5.76. The molecule has 0 spiro atoms. The molecule has 2 aliphatic rings. The zero-order chi connectivity index (χ0) is 28.8. The van der Waals surface area contributed by atoms with E-state index in [1.807, 2.05) is 66.2 Å². The van der Waals surface area contributed by atoms with Gasteiger partial charge in [-0.1, -0.05) is 84.9 Å². The molecule has 2 aliphatic heterocycles. The number of nitrogens with one attached hydrogen (secondary N) is 1. The Kier molecular flexibility index (Phi) is 4.79. The monoisotopic (exact) mass is 556 g/mol. The Balaban J connectivity index is 1.54. The first-order chi connectivity index (χ1) is 21.0. The molecule has 204 valence electrons. The van der Waals surface area contributed by atoms with Gasteiger partial charge in [-0.3, -0.25) is 0 Å². The van der Waals surface area contributed by atoms with Crippen LogP contribution in [-0.2, 0) is 7.05 Å². The minimum Gasteiger partial charge on any atom is -0.324 e. The number of fused-ring (bicyclic) bond motifs is 20. The molecule has 0 saturated carbocycles. The standard InChI is InChI=1S/C35H24N8/c1-18-16-17-26-27(19(18)2)33-39-29-21-11-5-7-13-23(21)31(37-29)42-35-25-15-9-8-14-24(25)34(43(35)3)41-30-22-12-6-4-10-20(22)28(36-30)38-32(26)40-33/h4-17H,1-3H3,(H,36,37,38,39,40,41,42). The molecule has 4 aromatic carbocycles. The van der Waals surface area contributed by atoms with E-state index < -0.39 is 0 Å². The van der Waals surface area contributed by atoms with E-state index in [4.69, 9.17) is 29.9 Å². The molecular weight excluding hydrogens is 532 g/mol. The second-order valence-corrected chi connectivity index (χ2v) is 11.1. The molecule has 43 heavy (non-hydrogen) atoms. The minimum absolute atomic E-state index is 0.608. The highest BCUT2D eigenvalue weighted by atomic mass is 15.1. The highest BCUT2D eigenvalue weighted by molar-refractivity contribution is 6.08. The third-order valence-electron chi connectivity index (χ3n) is 8.61. The first-order valence-electron chi connectivity index (χ1n) is 14.2. The van der Waals surface area contributed by atoms with Crippen molar-refractivity contribution in [3.05, 3.63) is 96.1 Å². The van der Waals surface area contributed by atoms with Crippen LogP contribution < -0.4 is 0 Å². The van der Waals surface area contributed by atoms with E-state index in [1.54, 1.807) is 0 Å². The van der Waals surface area contributed by atoms with Gasteiger partial charge in [0.2, 0.25) is 0 Å². The van der Waals surface area contributed by atoms with Gasteiger partial charge in [-0.25, -0.2) is 29.9 Å². The van der Waals surface area contributed by atoms with Gasteiger partial charge >= 0.3 is 0 Å². The zero-order valence-electron chi connectivity index (χ0n) is 23.7. The predicted octanol–water partition coefficient (Wildman–Crippen LogP) is 7.50. The lowest BCUT2D eigenvalue weighted by molar-refractivity contribution is 0.967. The summed E-state index contributed by atoms with van der Waals surface area (Å²) < 4.78 is 2.02. The molecule has 3 aromatic heterocycles. The molecule has 0 unspecified atom stereocenters. The Morgan fingerprint density at radius 3 is 1.49 bits per heavy atom. The molecule has 0 saturated heterocycles. The molecule has 0 radical (unpaired) electrons. The largest absolute Gasteiger partial charge is 0.324 e. The summed E-state index contributed by atoms with van der Waals surface area (Å²) in [6.45, 7) is 4.24. The van der Waals surface area contributed by atoms with Crippen LogP contribution >= 0.6 is 0 Å². The normalized spacial score (nSPS) is 12.1.